The summed E-state index contributed by atoms with van der Waals surface area (Å²) in [4.78, 5) is 12.1. The van der Waals surface area contributed by atoms with E-state index < -0.39 is 0 Å². The largest absolute Gasteiger partial charge is 0.335 e. The van der Waals surface area contributed by atoms with Crippen molar-refractivity contribution in [2.24, 2.45) is 5.92 Å². The van der Waals surface area contributed by atoms with E-state index in [2.05, 4.69) is 37.5 Å². The lowest BCUT2D eigenvalue weighted by atomic mass is 9.87. The molecule has 0 aromatic heterocycles. The summed E-state index contributed by atoms with van der Waals surface area (Å²) in [7, 11) is 0. The minimum absolute atomic E-state index is 0.0720. The van der Waals surface area contributed by atoms with Crippen LogP contribution >= 0.6 is 0 Å². The van der Waals surface area contributed by atoms with Crippen molar-refractivity contribution in [2.75, 3.05) is 5.32 Å². The Morgan fingerprint density at radius 1 is 1.25 bits per heavy atom. The monoisotopic (exact) mass is 274 g/mol. The third-order valence-corrected chi connectivity index (χ3v) is 4.10. The normalized spacial score (nSPS) is 22.6. The van der Waals surface area contributed by atoms with Crippen LogP contribution in [-0.2, 0) is 0 Å². The van der Waals surface area contributed by atoms with Gasteiger partial charge in [0, 0.05) is 11.7 Å². The van der Waals surface area contributed by atoms with Gasteiger partial charge in [-0.25, -0.2) is 4.79 Å². The summed E-state index contributed by atoms with van der Waals surface area (Å²) in [5.74, 6) is 1.12. The van der Waals surface area contributed by atoms with Crippen LogP contribution in [0.2, 0.25) is 0 Å². The molecule has 0 bridgehead atoms. The number of rotatable bonds is 3. The van der Waals surface area contributed by atoms with E-state index in [1.807, 2.05) is 18.2 Å². The molecule has 1 aliphatic rings. The summed E-state index contributed by atoms with van der Waals surface area (Å²) >= 11 is 0. The van der Waals surface area contributed by atoms with Gasteiger partial charge in [0.05, 0.1) is 0 Å². The quantitative estimate of drug-likeness (QED) is 0.836. The molecule has 0 radical (unpaired) electrons. The maximum Gasteiger partial charge on any atom is 0.319 e. The zero-order valence-electron chi connectivity index (χ0n) is 12.8. The van der Waals surface area contributed by atoms with Gasteiger partial charge in [0.15, 0.2) is 0 Å². The Morgan fingerprint density at radius 2 is 2.00 bits per heavy atom. The van der Waals surface area contributed by atoms with E-state index in [9.17, 15) is 4.79 Å². The van der Waals surface area contributed by atoms with Gasteiger partial charge in [0.1, 0.15) is 0 Å². The van der Waals surface area contributed by atoms with E-state index in [0.29, 0.717) is 12.0 Å². The summed E-state index contributed by atoms with van der Waals surface area (Å²) in [6, 6.07) is 8.27. The molecule has 0 spiro atoms. The summed E-state index contributed by atoms with van der Waals surface area (Å²) < 4.78 is 0. The first-order chi connectivity index (χ1) is 9.56. The van der Waals surface area contributed by atoms with Crippen LogP contribution < -0.4 is 10.6 Å². The van der Waals surface area contributed by atoms with Crippen LogP contribution in [0.5, 0.6) is 0 Å². The van der Waals surface area contributed by atoms with Crippen LogP contribution in [0.1, 0.15) is 57.9 Å². The minimum Gasteiger partial charge on any atom is -0.335 e. The highest BCUT2D eigenvalue weighted by atomic mass is 16.2. The topological polar surface area (TPSA) is 41.1 Å². The van der Waals surface area contributed by atoms with Crippen LogP contribution in [0, 0.1) is 5.92 Å². The average Bonchev–Trinajstić information content (AvgIpc) is 2.38. The van der Waals surface area contributed by atoms with Gasteiger partial charge in [-0.05, 0) is 36.3 Å². The first-order valence-electron chi connectivity index (χ1n) is 7.72. The predicted molar refractivity (Wildman–Crippen MR) is 84.1 cm³/mol. The molecule has 3 heteroatoms. The van der Waals surface area contributed by atoms with Crippen molar-refractivity contribution < 1.29 is 4.79 Å². The predicted octanol–water partition coefficient (Wildman–Crippen LogP) is 4.51. The van der Waals surface area contributed by atoms with Gasteiger partial charge in [0.25, 0.3) is 0 Å². The average molecular weight is 274 g/mol. The molecule has 2 unspecified atom stereocenters. The number of benzene rings is 1. The Bertz CT molecular complexity index is 456. The highest BCUT2D eigenvalue weighted by Gasteiger charge is 2.20. The fourth-order valence-electron chi connectivity index (χ4n) is 3.02. The maximum atomic E-state index is 12.1. The molecular formula is C17H26N2O. The smallest absolute Gasteiger partial charge is 0.319 e. The van der Waals surface area contributed by atoms with Gasteiger partial charge in [-0.3, -0.25) is 0 Å². The van der Waals surface area contributed by atoms with Crippen molar-refractivity contribution in [3.63, 3.8) is 0 Å². The number of anilines is 1. The number of nitrogens with one attached hydrogen (secondary N) is 2. The molecule has 1 aliphatic carbocycles. The molecule has 0 heterocycles. The van der Waals surface area contributed by atoms with Gasteiger partial charge in [-0.2, -0.15) is 0 Å². The van der Waals surface area contributed by atoms with Crippen LogP contribution in [0.15, 0.2) is 24.3 Å². The standard InChI is InChI=1S/C17H26N2O/c1-12(2)15-9-4-5-10-16(15)19-17(20)18-14-8-6-7-13(3)11-14/h4-5,9-10,12-14H,6-8,11H2,1-3H3,(H2,18,19,20). The first-order valence-corrected chi connectivity index (χ1v) is 7.72. The fourth-order valence-corrected chi connectivity index (χ4v) is 3.02. The number of para-hydroxylation sites is 1. The Balaban J connectivity index is 1.94. The van der Waals surface area contributed by atoms with E-state index in [-0.39, 0.29) is 6.03 Å². The molecule has 3 nitrogen and oxygen atoms in total. The van der Waals surface area contributed by atoms with Gasteiger partial charge >= 0.3 is 6.03 Å². The lowest BCUT2D eigenvalue weighted by Gasteiger charge is -2.27. The SMILES string of the molecule is CC1CCCC(NC(=O)Nc2ccccc2C(C)C)C1. The molecule has 0 aliphatic heterocycles. The number of hydrogen-bond donors (Lipinski definition) is 2. The Hall–Kier alpha value is -1.51. The van der Waals surface area contributed by atoms with Crippen LogP contribution in [0.25, 0.3) is 0 Å². The highest BCUT2D eigenvalue weighted by Crippen LogP contribution is 2.25. The van der Waals surface area contributed by atoms with Crippen molar-refractivity contribution in [2.45, 2.75) is 58.4 Å². The van der Waals surface area contributed by atoms with Crippen LogP contribution in [-0.4, -0.2) is 12.1 Å². The second-order valence-electron chi connectivity index (χ2n) is 6.31. The van der Waals surface area contributed by atoms with Gasteiger partial charge in [0.2, 0.25) is 0 Å². The number of urea groups is 1. The Kier molecular flexibility index (Phi) is 5.05. The van der Waals surface area contributed by atoms with E-state index in [4.69, 9.17) is 0 Å². The molecule has 1 aromatic rings. The fraction of sp³-hybridized carbons (Fsp3) is 0.588. The van der Waals surface area contributed by atoms with Crippen molar-refractivity contribution in [1.29, 1.82) is 0 Å². The van der Waals surface area contributed by atoms with E-state index >= 15 is 0 Å². The lowest BCUT2D eigenvalue weighted by Crippen LogP contribution is -2.40. The number of hydrogen-bond acceptors (Lipinski definition) is 1. The number of amides is 2. The van der Waals surface area contributed by atoms with E-state index in [0.717, 1.165) is 24.4 Å². The third kappa shape index (κ3) is 3.99. The molecule has 1 saturated carbocycles. The summed E-state index contributed by atoms with van der Waals surface area (Å²) in [6.07, 6.45) is 4.70. The zero-order valence-corrected chi connectivity index (χ0v) is 12.8. The summed E-state index contributed by atoms with van der Waals surface area (Å²) in [5, 5.41) is 6.12. The molecule has 20 heavy (non-hydrogen) atoms. The zero-order chi connectivity index (χ0) is 14.5. The maximum absolute atomic E-state index is 12.1. The second kappa shape index (κ2) is 6.78. The van der Waals surface area contributed by atoms with Crippen molar-refractivity contribution in [1.82, 2.24) is 5.32 Å². The van der Waals surface area contributed by atoms with E-state index in [1.54, 1.807) is 0 Å². The second-order valence-corrected chi connectivity index (χ2v) is 6.31. The molecule has 0 saturated heterocycles. The Labute approximate surface area is 122 Å². The van der Waals surface area contributed by atoms with E-state index in [1.165, 1.54) is 18.4 Å². The van der Waals surface area contributed by atoms with Crippen molar-refractivity contribution >= 4 is 11.7 Å². The molecule has 2 amide bonds. The number of carbonyl (C=O) groups is 1. The molecule has 2 rings (SSSR count). The van der Waals surface area contributed by atoms with Gasteiger partial charge < -0.3 is 10.6 Å². The lowest BCUT2D eigenvalue weighted by molar-refractivity contribution is 0.238. The minimum atomic E-state index is -0.0720. The third-order valence-electron chi connectivity index (χ3n) is 4.10. The summed E-state index contributed by atoms with van der Waals surface area (Å²) in [6.45, 7) is 6.54. The molecule has 2 atom stereocenters. The number of carbonyl (C=O) groups excluding carboxylic acids is 1. The highest BCUT2D eigenvalue weighted by molar-refractivity contribution is 5.90. The first kappa shape index (κ1) is 14.9. The van der Waals surface area contributed by atoms with Crippen molar-refractivity contribution in [3.8, 4) is 0 Å². The van der Waals surface area contributed by atoms with Crippen molar-refractivity contribution in [3.05, 3.63) is 29.8 Å². The van der Waals surface area contributed by atoms with Crippen LogP contribution in [0.4, 0.5) is 10.5 Å². The molecule has 2 N–H and O–H groups in total. The van der Waals surface area contributed by atoms with Gasteiger partial charge in [-0.15, -0.1) is 0 Å². The Morgan fingerprint density at radius 3 is 2.70 bits per heavy atom. The van der Waals surface area contributed by atoms with Crippen LogP contribution in [0.3, 0.4) is 0 Å². The summed E-state index contributed by atoms with van der Waals surface area (Å²) in [5.41, 5.74) is 2.10. The molecule has 1 aromatic carbocycles. The molecule has 1 fully saturated rings. The molecule has 110 valence electrons. The molecular weight excluding hydrogens is 248 g/mol. The van der Waals surface area contributed by atoms with Gasteiger partial charge in [-0.1, -0.05) is 51.8 Å².